The van der Waals surface area contributed by atoms with Gasteiger partial charge in [-0.15, -0.1) is 0 Å². The minimum absolute atomic E-state index is 0.228. The third kappa shape index (κ3) is 2.31. The van der Waals surface area contributed by atoms with Gasteiger partial charge in [0.15, 0.2) is 0 Å². The SMILES string of the molecule is COc1cccnc1Cc1ccc2c(c1)C1(COC(N)=N1)C1(COC1)CO2. The Morgan fingerprint density at radius 2 is 2.04 bits per heavy atom. The second-order valence-corrected chi connectivity index (χ2v) is 7.32. The van der Waals surface area contributed by atoms with Crippen molar-refractivity contribution in [2.45, 2.75) is 12.0 Å². The molecule has 1 aromatic heterocycles. The van der Waals surface area contributed by atoms with Crippen molar-refractivity contribution in [1.29, 1.82) is 0 Å². The molecule has 1 saturated heterocycles. The van der Waals surface area contributed by atoms with Gasteiger partial charge in [-0.3, -0.25) is 4.98 Å². The summed E-state index contributed by atoms with van der Waals surface area (Å²) < 4.78 is 22.7. The molecule has 0 amide bonds. The molecule has 140 valence electrons. The highest BCUT2D eigenvalue weighted by atomic mass is 16.5. The quantitative estimate of drug-likeness (QED) is 0.887. The van der Waals surface area contributed by atoms with Gasteiger partial charge in [-0.25, -0.2) is 4.99 Å². The van der Waals surface area contributed by atoms with E-state index in [1.165, 1.54) is 0 Å². The van der Waals surface area contributed by atoms with Crippen LogP contribution in [0.4, 0.5) is 0 Å². The summed E-state index contributed by atoms with van der Waals surface area (Å²) >= 11 is 0. The van der Waals surface area contributed by atoms with Crippen molar-refractivity contribution in [1.82, 2.24) is 4.98 Å². The number of nitrogens with two attached hydrogens (primary N) is 1. The second-order valence-electron chi connectivity index (χ2n) is 7.32. The van der Waals surface area contributed by atoms with Crippen molar-refractivity contribution in [3.63, 3.8) is 0 Å². The van der Waals surface area contributed by atoms with Crippen LogP contribution >= 0.6 is 0 Å². The molecule has 0 aliphatic carbocycles. The van der Waals surface area contributed by atoms with Gasteiger partial charge in [0.2, 0.25) is 0 Å². The number of methoxy groups -OCH3 is 1. The highest BCUT2D eigenvalue weighted by Crippen LogP contribution is 2.55. The molecule has 5 rings (SSSR count). The van der Waals surface area contributed by atoms with E-state index >= 15 is 0 Å². The largest absolute Gasteiger partial charge is 0.495 e. The zero-order valence-corrected chi connectivity index (χ0v) is 15.1. The van der Waals surface area contributed by atoms with E-state index in [1.54, 1.807) is 13.3 Å². The number of nitrogens with zero attached hydrogens (tertiary/aromatic N) is 2. The standard InChI is InChI=1S/C20H21N3O4/c1-24-17-3-2-6-22-15(17)8-13-4-5-16-14(7-13)20(12-27-18(21)23-20)19(11-26-16)9-25-10-19/h2-7H,8-12H2,1H3,(H2,21,23). The van der Waals surface area contributed by atoms with Gasteiger partial charge in [0, 0.05) is 18.2 Å². The zero-order valence-electron chi connectivity index (χ0n) is 15.1. The first kappa shape index (κ1) is 16.4. The summed E-state index contributed by atoms with van der Waals surface area (Å²) in [5.41, 5.74) is 8.12. The Labute approximate surface area is 157 Å². The minimum atomic E-state index is -0.562. The molecule has 3 aliphatic heterocycles. The number of hydrogen-bond acceptors (Lipinski definition) is 7. The molecule has 27 heavy (non-hydrogen) atoms. The van der Waals surface area contributed by atoms with Gasteiger partial charge in [-0.1, -0.05) is 6.07 Å². The predicted octanol–water partition coefficient (Wildman–Crippen LogP) is 1.63. The lowest BCUT2D eigenvalue weighted by Gasteiger charge is -2.53. The summed E-state index contributed by atoms with van der Waals surface area (Å²) in [6, 6.07) is 10.2. The Morgan fingerprint density at radius 3 is 2.74 bits per heavy atom. The Kier molecular flexibility index (Phi) is 3.55. The summed E-state index contributed by atoms with van der Waals surface area (Å²) in [7, 11) is 1.66. The topological polar surface area (TPSA) is 88.2 Å². The summed E-state index contributed by atoms with van der Waals surface area (Å²) in [5, 5.41) is 0. The van der Waals surface area contributed by atoms with Gasteiger partial charge in [-0.2, -0.15) is 0 Å². The monoisotopic (exact) mass is 367 g/mol. The lowest BCUT2D eigenvalue weighted by Crippen LogP contribution is -2.63. The van der Waals surface area contributed by atoms with Gasteiger partial charge in [0.05, 0.1) is 31.4 Å². The van der Waals surface area contributed by atoms with E-state index in [9.17, 15) is 0 Å². The number of pyridine rings is 1. The maximum absolute atomic E-state index is 6.07. The maximum atomic E-state index is 6.07. The number of aliphatic imine (C=N–C) groups is 1. The molecule has 0 bridgehead atoms. The average molecular weight is 367 g/mol. The number of amidine groups is 1. The fourth-order valence-corrected chi connectivity index (χ4v) is 4.20. The minimum Gasteiger partial charge on any atom is -0.495 e. The Bertz CT molecular complexity index is 925. The number of ether oxygens (including phenoxy) is 4. The molecule has 1 unspecified atom stereocenters. The molecule has 1 atom stereocenters. The number of benzene rings is 1. The predicted molar refractivity (Wildman–Crippen MR) is 98.0 cm³/mol. The second kappa shape index (κ2) is 5.85. The van der Waals surface area contributed by atoms with Crippen molar-refractivity contribution in [3.05, 3.63) is 53.3 Å². The smallest absolute Gasteiger partial charge is 0.283 e. The highest BCUT2D eigenvalue weighted by Gasteiger charge is 2.63. The first-order valence-corrected chi connectivity index (χ1v) is 8.96. The van der Waals surface area contributed by atoms with Crippen molar-refractivity contribution >= 4 is 6.02 Å². The molecule has 3 aliphatic rings. The maximum Gasteiger partial charge on any atom is 0.283 e. The molecule has 2 aromatic rings. The number of hydrogen-bond donors (Lipinski definition) is 1. The summed E-state index contributed by atoms with van der Waals surface area (Å²) in [6.45, 7) is 2.14. The molecule has 0 radical (unpaired) electrons. The summed E-state index contributed by atoms with van der Waals surface area (Å²) in [5.74, 6) is 1.60. The van der Waals surface area contributed by atoms with Crippen LogP contribution in [-0.2, 0) is 21.4 Å². The van der Waals surface area contributed by atoms with Gasteiger partial charge < -0.3 is 24.7 Å². The fourth-order valence-electron chi connectivity index (χ4n) is 4.20. The van der Waals surface area contributed by atoms with E-state index < -0.39 is 5.54 Å². The van der Waals surface area contributed by atoms with Gasteiger partial charge in [0.1, 0.15) is 30.3 Å². The van der Waals surface area contributed by atoms with Crippen molar-refractivity contribution in [3.8, 4) is 11.5 Å². The van der Waals surface area contributed by atoms with E-state index in [4.69, 9.17) is 29.7 Å². The molecule has 7 heteroatoms. The first-order valence-electron chi connectivity index (χ1n) is 8.96. The van der Waals surface area contributed by atoms with E-state index in [0.29, 0.717) is 32.8 Å². The van der Waals surface area contributed by atoms with Gasteiger partial charge in [-0.05, 0) is 29.8 Å². The third-order valence-corrected chi connectivity index (χ3v) is 5.80. The lowest BCUT2D eigenvalue weighted by molar-refractivity contribution is -0.185. The lowest BCUT2D eigenvalue weighted by atomic mass is 9.64. The Hall–Kier alpha value is -2.80. The van der Waals surface area contributed by atoms with Gasteiger partial charge >= 0.3 is 0 Å². The number of fused-ring (bicyclic) bond motifs is 3. The van der Waals surface area contributed by atoms with E-state index in [2.05, 4.69) is 17.1 Å². The third-order valence-electron chi connectivity index (χ3n) is 5.80. The van der Waals surface area contributed by atoms with Crippen LogP contribution in [0, 0.1) is 5.41 Å². The van der Waals surface area contributed by atoms with Crippen LogP contribution in [0.3, 0.4) is 0 Å². The molecule has 0 saturated carbocycles. The van der Waals surface area contributed by atoms with Crippen molar-refractivity contribution < 1.29 is 18.9 Å². The van der Waals surface area contributed by atoms with Crippen LogP contribution in [0.25, 0.3) is 0 Å². The van der Waals surface area contributed by atoms with E-state index in [-0.39, 0.29) is 11.4 Å². The van der Waals surface area contributed by atoms with E-state index in [1.807, 2.05) is 18.2 Å². The van der Waals surface area contributed by atoms with Crippen LogP contribution in [-0.4, -0.2) is 44.5 Å². The van der Waals surface area contributed by atoms with Crippen LogP contribution in [0.1, 0.15) is 16.8 Å². The molecular weight excluding hydrogens is 346 g/mol. The summed E-state index contributed by atoms with van der Waals surface area (Å²) in [6.07, 6.45) is 2.42. The van der Waals surface area contributed by atoms with Crippen LogP contribution in [0.15, 0.2) is 41.5 Å². The van der Waals surface area contributed by atoms with Gasteiger partial charge in [0.25, 0.3) is 6.02 Å². The molecule has 2 spiro atoms. The van der Waals surface area contributed by atoms with Crippen LogP contribution in [0.2, 0.25) is 0 Å². The van der Waals surface area contributed by atoms with Crippen molar-refractivity contribution in [2.24, 2.45) is 16.1 Å². The molecule has 2 N–H and O–H groups in total. The normalized spacial score (nSPS) is 24.6. The Morgan fingerprint density at radius 1 is 1.15 bits per heavy atom. The van der Waals surface area contributed by atoms with Crippen molar-refractivity contribution in [2.75, 3.05) is 33.5 Å². The number of aromatic nitrogens is 1. The number of rotatable bonds is 3. The first-order chi connectivity index (χ1) is 13.2. The highest BCUT2D eigenvalue weighted by molar-refractivity contribution is 5.75. The van der Waals surface area contributed by atoms with Crippen LogP contribution in [0.5, 0.6) is 11.5 Å². The van der Waals surface area contributed by atoms with Crippen LogP contribution < -0.4 is 15.2 Å². The molecule has 7 nitrogen and oxygen atoms in total. The van der Waals surface area contributed by atoms with E-state index in [0.717, 1.165) is 28.3 Å². The molecule has 4 heterocycles. The molecule has 1 aromatic carbocycles. The fraction of sp³-hybridized carbons (Fsp3) is 0.400. The summed E-state index contributed by atoms with van der Waals surface area (Å²) in [4.78, 5) is 9.22. The molecule has 1 fully saturated rings. The molecular formula is C20H21N3O4. The zero-order chi connectivity index (χ0) is 18.5. The Balaban J connectivity index is 1.58. The average Bonchev–Trinajstić information content (AvgIpc) is 3.04.